The largest absolute Gasteiger partial charge is 0.397 e. The third-order valence-electron chi connectivity index (χ3n) is 3.00. The number of carbonyl (C=O) groups is 1. The summed E-state index contributed by atoms with van der Waals surface area (Å²) in [6.07, 6.45) is 0.488. The molecule has 0 radical (unpaired) electrons. The van der Waals surface area contributed by atoms with Crippen molar-refractivity contribution in [1.82, 2.24) is 0 Å². The van der Waals surface area contributed by atoms with E-state index in [1.807, 2.05) is 6.92 Å². The fraction of sp³-hybridized carbons (Fsp3) is 0.462. The smallest absolute Gasteiger partial charge is 0.239 e. The molecule has 0 heterocycles. The van der Waals surface area contributed by atoms with Crippen molar-refractivity contribution in [3.8, 4) is 0 Å². The summed E-state index contributed by atoms with van der Waals surface area (Å²) >= 11 is 0. The average Bonchev–Trinajstić information content (AvgIpc) is 2.31. The van der Waals surface area contributed by atoms with Crippen LogP contribution in [0, 0.1) is 6.92 Å². The second kappa shape index (κ2) is 6.06. The second-order valence-corrected chi connectivity index (χ2v) is 7.08. The number of nitrogens with one attached hydrogen (secondary N) is 1. The lowest BCUT2D eigenvalue weighted by molar-refractivity contribution is -0.113. The zero-order valence-electron chi connectivity index (χ0n) is 11.4. The first-order chi connectivity index (χ1) is 8.76. The number of amides is 1. The van der Waals surface area contributed by atoms with Gasteiger partial charge in [-0.15, -0.1) is 0 Å². The molecule has 0 saturated heterocycles. The topological polar surface area (TPSA) is 89.3 Å². The van der Waals surface area contributed by atoms with Gasteiger partial charge in [-0.1, -0.05) is 13.0 Å². The number of nitrogens with two attached hydrogens (primary N) is 1. The van der Waals surface area contributed by atoms with Crippen LogP contribution in [0.15, 0.2) is 18.2 Å². The number of anilines is 2. The van der Waals surface area contributed by atoms with Crippen LogP contribution in [0.4, 0.5) is 11.4 Å². The van der Waals surface area contributed by atoms with Gasteiger partial charge in [0.2, 0.25) is 5.91 Å². The van der Waals surface area contributed by atoms with Crippen LogP contribution in [-0.2, 0) is 14.6 Å². The predicted molar refractivity (Wildman–Crippen MR) is 77.8 cm³/mol. The summed E-state index contributed by atoms with van der Waals surface area (Å²) in [5.74, 6) is -1.08. The van der Waals surface area contributed by atoms with Crippen LogP contribution in [0.25, 0.3) is 0 Å². The van der Waals surface area contributed by atoms with Gasteiger partial charge in [0.15, 0.2) is 9.84 Å². The SMILES string of the molecule is CCC(C)S(=O)(=O)CC(=O)Nc1ccc(C)cc1N. The number of hydrogen-bond acceptors (Lipinski definition) is 4. The summed E-state index contributed by atoms with van der Waals surface area (Å²) in [5.41, 5.74) is 7.60. The highest BCUT2D eigenvalue weighted by Crippen LogP contribution is 2.19. The van der Waals surface area contributed by atoms with E-state index in [0.717, 1.165) is 5.56 Å². The molecule has 106 valence electrons. The first kappa shape index (κ1) is 15.5. The molecule has 19 heavy (non-hydrogen) atoms. The van der Waals surface area contributed by atoms with Gasteiger partial charge < -0.3 is 11.1 Å². The molecule has 0 aromatic heterocycles. The van der Waals surface area contributed by atoms with E-state index in [1.165, 1.54) is 0 Å². The summed E-state index contributed by atoms with van der Waals surface area (Å²) in [7, 11) is -3.40. The third-order valence-corrected chi connectivity index (χ3v) is 5.23. The van der Waals surface area contributed by atoms with E-state index < -0.39 is 26.7 Å². The van der Waals surface area contributed by atoms with E-state index in [-0.39, 0.29) is 0 Å². The lowest BCUT2D eigenvalue weighted by Crippen LogP contribution is -2.29. The Labute approximate surface area is 114 Å². The standard InChI is InChI=1S/C13H20N2O3S/c1-4-10(3)19(17,18)8-13(16)15-12-6-5-9(2)7-11(12)14/h5-7,10H,4,8,14H2,1-3H3,(H,15,16). The number of nitrogen functional groups attached to an aromatic ring is 1. The minimum absolute atomic E-state index is 0.425. The number of rotatable bonds is 5. The molecule has 0 bridgehead atoms. The van der Waals surface area contributed by atoms with Gasteiger partial charge in [0, 0.05) is 0 Å². The Kier molecular flexibility index (Phi) is 4.94. The molecule has 0 aliphatic heterocycles. The van der Waals surface area contributed by atoms with Gasteiger partial charge in [0.05, 0.1) is 16.6 Å². The molecule has 3 N–H and O–H groups in total. The van der Waals surface area contributed by atoms with Crippen molar-refractivity contribution in [2.75, 3.05) is 16.8 Å². The van der Waals surface area contributed by atoms with E-state index in [1.54, 1.807) is 32.0 Å². The first-order valence-corrected chi connectivity index (χ1v) is 7.85. The molecule has 0 spiro atoms. The molecule has 0 fully saturated rings. The summed E-state index contributed by atoms with van der Waals surface area (Å²) in [6, 6.07) is 5.19. The highest BCUT2D eigenvalue weighted by Gasteiger charge is 2.23. The van der Waals surface area contributed by atoms with Crippen molar-refractivity contribution in [2.24, 2.45) is 0 Å². The normalized spacial score (nSPS) is 13.0. The Hall–Kier alpha value is -1.56. The maximum Gasteiger partial charge on any atom is 0.239 e. The fourth-order valence-electron chi connectivity index (χ4n) is 1.56. The Morgan fingerprint density at radius 2 is 2.05 bits per heavy atom. The van der Waals surface area contributed by atoms with E-state index in [4.69, 9.17) is 5.73 Å². The zero-order chi connectivity index (χ0) is 14.6. The number of sulfone groups is 1. The van der Waals surface area contributed by atoms with Gasteiger partial charge in [-0.25, -0.2) is 8.42 Å². The third kappa shape index (κ3) is 4.24. The second-order valence-electron chi connectivity index (χ2n) is 4.66. The van der Waals surface area contributed by atoms with Crippen molar-refractivity contribution < 1.29 is 13.2 Å². The van der Waals surface area contributed by atoms with Crippen molar-refractivity contribution in [3.63, 3.8) is 0 Å². The Morgan fingerprint density at radius 3 is 2.58 bits per heavy atom. The predicted octanol–water partition coefficient (Wildman–Crippen LogP) is 1.73. The summed E-state index contributed by atoms with van der Waals surface area (Å²) < 4.78 is 23.6. The molecule has 6 heteroatoms. The van der Waals surface area contributed by atoms with Crippen LogP contribution >= 0.6 is 0 Å². The van der Waals surface area contributed by atoms with Crippen LogP contribution < -0.4 is 11.1 Å². The fourth-order valence-corrected chi connectivity index (χ4v) is 2.79. The first-order valence-electron chi connectivity index (χ1n) is 6.13. The van der Waals surface area contributed by atoms with E-state index in [9.17, 15) is 13.2 Å². The molecule has 1 amide bonds. The van der Waals surface area contributed by atoms with Crippen molar-refractivity contribution in [2.45, 2.75) is 32.4 Å². The van der Waals surface area contributed by atoms with Crippen LogP contribution in [0.3, 0.4) is 0 Å². The molecule has 1 aromatic carbocycles. The van der Waals surface area contributed by atoms with Crippen LogP contribution in [-0.4, -0.2) is 25.3 Å². The molecular weight excluding hydrogens is 264 g/mol. The van der Waals surface area contributed by atoms with Gasteiger partial charge in [-0.05, 0) is 38.0 Å². The van der Waals surface area contributed by atoms with Crippen LogP contribution in [0.5, 0.6) is 0 Å². The Balaban J connectivity index is 2.76. The molecule has 1 unspecified atom stereocenters. The molecular formula is C13H20N2O3S. The summed E-state index contributed by atoms with van der Waals surface area (Å²) in [5, 5.41) is 2.01. The maximum atomic E-state index is 11.8. The summed E-state index contributed by atoms with van der Waals surface area (Å²) in [4.78, 5) is 11.7. The molecule has 1 rings (SSSR count). The Bertz CT molecular complexity index is 567. The number of hydrogen-bond donors (Lipinski definition) is 2. The van der Waals surface area contributed by atoms with Gasteiger partial charge in [0.1, 0.15) is 5.75 Å². The van der Waals surface area contributed by atoms with E-state index in [0.29, 0.717) is 17.8 Å². The zero-order valence-corrected chi connectivity index (χ0v) is 12.3. The molecule has 1 atom stereocenters. The van der Waals surface area contributed by atoms with Gasteiger partial charge >= 0.3 is 0 Å². The minimum atomic E-state index is -3.40. The number of carbonyl (C=O) groups excluding carboxylic acids is 1. The van der Waals surface area contributed by atoms with Gasteiger partial charge in [-0.2, -0.15) is 0 Å². The summed E-state index contributed by atoms with van der Waals surface area (Å²) in [6.45, 7) is 5.26. The quantitative estimate of drug-likeness (QED) is 0.806. The van der Waals surface area contributed by atoms with Crippen LogP contribution in [0.1, 0.15) is 25.8 Å². The number of aryl methyl sites for hydroxylation is 1. The van der Waals surface area contributed by atoms with Crippen molar-refractivity contribution in [3.05, 3.63) is 23.8 Å². The lowest BCUT2D eigenvalue weighted by atomic mass is 10.2. The van der Waals surface area contributed by atoms with Crippen molar-refractivity contribution in [1.29, 1.82) is 0 Å². The molecule has 0 aliphatic carbocycles. The lowest BCUT2D eigenvalue weighted by Gasteiger charge is -2.12. The Morgan fingerprint density at radius 1 is 1.42 bits per heavy atom. The number of benzene rings is 1. The average molecular weight is 284 g/mol. The molecule has 0 saturated carbocycles. The highest BCUT2D eigenvalue weighted by atomic mass is 32.2. The highest BCUT2D eigenvalue weighted by molar-refractivity contribution is 7.92. The monoisotopic (exact) mass is 284 g/mol. The minimum Gasteiger partial charge on any atom is -0.397 e. The maximum absolute atomic E-state index is 11.8. The molecule has 1 aromatic rings. The van der Waals surface area contributed by atoms with Crippen molar-refractivity contribution >= 4 is 27.1 Å². The molecule has 5 nitrogen and oxygen atoms in total. The van der Waals surface area contributed by atoms with Gasteiger partial charge in [-0.3, -0.25) is 4.79 Å². The van der Waals surface area contributed by atoms with Gasteiger partial charge in [0.25, 0.3) is 0 Å². The molecule has 0 aliphatic rings. The van der Waals surface area contributed by atoms with E-state index in [2.05, 4.69) is 5.32 Å². The van der Waals surface area contributed by atoms with E-state index >= 15 is 0 Å². The van der Waals surface area contributed by atoms with Crippen LogP contribution in [0.2, 0.25) is 0 Å².